The molecule has 0 saturated heterocycles. The molecule has 0 aromatic heterocycles. The number of aliphatic hydroxyl groups is 1. The van der Waals surface area contributed by atoms with E-state index in [0.717, 1.165) is 9.13 Å². The molecule has 0 aliphatic rings. The second-order valence-electron chi connectivity index (χ2n) is 7.87. The number of ether oxygens (including phenoxy) is 1. The Bertz CT molecular complexity index is 1300. The summed E-state index contributed by atoms with van der Waals surface area (Å²) in [6.07, 6.45) is 1.45. The lowest BCUT2D eigenvalue weighted by Crippen LogP contribution is -2.43. The van der Waals surface area contributed by atoms with Gasteiger partial charge in [0.2, 0.25) is 0 Å². The minimum absolute atomic E-state index is 0.371. The maximum atomic E-state index is 13.2. The number of hydrazone groups is 1. The van der Waals surface area contributed by atoms with Gasteiger partial charge in [0.05, 0.1) is 15.7 Å². The molecule has 5 nitrogen and oxygen atoms in total. The average molecular weight is 676 g/mol. The molecular formula is C28H21BrClIN2O3. The van der Waals surface area contributed by atoms with Gasteiger partial charge in [0, 0.05) is 3.57 Å². The molecule has 0 heterocycles. The van der Waals surface area contributed by atoms with Crippen LogP contribution < -0.4 is 10.2 Å². The van der Waals surface area contributed by atoms with E-state index in [1.807, 2.05) is 36.4 Å². The summed E-state index contributed by atoms with van der Waals surface area (Å²) < 4.78 is 7.71. The fraction of sp³-hybridized carbons (Fsp3) is 0.0714. The number of hydrogen-bond acceptors (Lipinski definition) is 4. The summed E-state index contributed by atoms with van der Waals surface area (Å²) in [5, 5.41) is 15.9. The van der Waals surface area contributed by atoms with Crippen molar-refractivity contribution in [3.8, 4) is 5.75 Å². The van der Waals surface area contributed by atoms with E-state index in [4.69, 9.17) is 16.3 Å². The molecule has 36 heavy (non-hydrogen) atoms. The van der Waals surface area contributed by atoms with Crippen molar-refractivity contribution in [2.45, 2.75) is 12.2 Å². The van der Waals surface area contributed by atoms with E-state index in [1.54, 1.807) is 60.7 Å². The van der Waals surface area contributed by atoms with Gasteiger partial charge in [-0.3, -0.25) is 4.79 Å². The fourth-order valence-electron chi connectivity index (χ4n) is 3.56. The Labute approximate surface area is 236 Å². The monoisotopic (exact) mass is 674 g/mol. The number of carbonyl (C=O) groups is 1. The van der Waals surface area contributed by atoms with Gasteiger partial charge in [0.25, 0.3) is 5.91 Å². The van der Waals surface area contributed by atoms with Crippen LogP contribution in [-0.2, 0) is 17.0 Å². The van der Waals surface area contributed by atoms with Crippen molar-refractivity contribution in [2.24, 2.45) is 5.10 Å². The number of carbonyl (C=O) groups excluding carboxylic acids is 1. The van der Waals surface area contributed by atoms with Gasteiger partial charge in [-0.25, -0.2) is 5.43 Å². The first kappa shape index (κ1) is 26.3. The van der Waals surface area contributed by atoms with Crippen LogP contribution in [0, 0.1) is 3.57 Å². The Morgan fingerprint density at radius 3 is 2.14 bits per heavy atom. The summed E-state index contributed by atoms with van der Waals surface area (Å²) in [6.45, 7) is 0.371. The second kappa shape index (κ2) is 12.0. The average Bonchev–Trinajstić information content (AvgIpc) is 2.89. The van der Waals surface area contributed by atoms with E-state index in [-0.39, 0.29) is 0 Å². The third kappa shape index (κ3) is 6.15. The molecule has 8 heteroatoms. The molecule has 0 atom stereocenters. The SMILES string of the molecule is O=C(N/N=C/c1cc(Cl)c(OCc2ccc(I)cc2)c(Br)c1)C(O)(c1ccccc1)c1ccccc1. The molecule has 0 aliphatic carbocycles. The highest BCUT2D eigenvalue weighted by atomic mass is 127. The number of hydrogen-bond donors (Lipinski definition) is 2. The first-order valence-corrected chi connectivity index (χ1v) is 13.2. The summed E-state index contributed by atoms with van der Waals surface area (Å²) in [7, 11) is 0. The third-order valence-corrected chi connectivity index (χ3v) is 7.00. The topological polar surface area (TPSA) is 70.9 Å². The minimum atomic E-state index is -1.91. The Hall–Kier alpha value is -2.72. The molecule has 0 unspecified atom stereocenters. The highest BCUT2D eigenvalue weighted by molar-refractivity contribution is 14.1. The first-order valence-electron chi connectivity index (χ1n) is 10.9. The quantitative estimate of drug-likeness (QED) is 0.125. The van der Waals surface area contributed by atoms with Crippen molar-refractivity contribution in [3.05, 3.63) is 132 Å². The van der Waals surface area contributed by atoms with Gasteiger partial charge in [0.15, 0.2) is 11.4 Å². The number of halogens is 3. The van der Waals surface area contributed by atoms with Crippen LogP contribution >= 0.6 is 50.1 Å². The van der Waals surface area contributed by atoms with Gasteiger partial charge in [0.1, 0.15) is 6.61 Å². The zero-order chi connectivity index (χ0) is 25.5. The zero-order valence-corrected chi connectivity index (χ0v) is 23.4. The molecule has 0 spiro atoms. The Morgan fingerprint density at radius 1 is 1.00 bits per heavy atom. The Balaban J connectivity index is 1.49. The van der Waals surface area contributed by atoms with Crippen LogP contribution in [-0.4, -0.2) is 17.2 Å². The van der Waals surface area contributed by atoms with Crippen molar-refractivity contribution >= 4 is 62.2 Å². The molecule has 0 radical (unpaired) electrons. The van der Waals surface area contributed by atoms with E-state index in [1.165, 1.54) is 6.21 Å². The van der Waals surface area contributed by atoms with Crippen LogP contribution in [0.5, 0.6) is 5.75 Å². The smallest absolute Gasteiger partial charge is 0.281 e. The summed E-state index contributed by atoms with van der Waals surface area (Å²) in [6, 6.07) is 29.0. The molecule has 4 rings (SSSR count). The number of nitrogens with one attached hydrogen (secondary N) is 1. The van der Waals surface area contributed by atoms with E-state index in [9.17, 15) is 9.90 Å². The molecule has 182 valence electrons. The highest BCUT2D eigenvalue weighted by Crippen LogP contribution is 2.35. The number of rotatable bonds is 8. The van der Waals surface area contributed by atoms with Gasteiger partial charge in [-0.15, -0.1) is 0 Å². The molecule has 0 bridgehead atoms. The molecule has 4 aromatic carbocycles. The molecule has 2 N–H and O–H groups in total. The van der Waals surface area contributed by atoms with Crippen molar-refractivity contribution in [1.29, 1.82) is 0 Å². The van der Waals surface area contributed by atoms with Crippen molar-refractivity contribution in [1.82, 2.24) is 5.43 Å². The summed E-state index contributed by atoms with van der Waals surface area (Å²) in [5.74, 6) is -0.169. The number of nitrogens with zero attached hydrogens (tertiary/aromatic N) is 1. The third-order valence-electron chi connectivity index (χ3n) is 5.41. The lowest BCUT2D eigenvalue weighted by atomic mass is 9.85. The van der Waals surface area contributed by atoms with Crippen molar-refractivity contribution < 1.29 is 14.6 Å². The highest BCUT2D eigenvalue weighted by Gasteiger charge is 2.39. The zero-order valence-electron chi connectivity index (χ0n) is 18.9. The van der Waals surface area contributed by atoms with Crippen LogP contribution in [0.2, 0.25) is 5.02 Å². The summed E-state index contributed by atoms with van der Waals surface area (Å²) >= 11 is 12.2. The van der Waals surface area contributed by atoms with Crippen molar-refractivity contribution in [2.75, 3.05) is 0 Å². The van der Waals surface area contributed by atoms with E-state index < -0.39 is 11.5 Å². The lowest BCUT2D eigenvalue weighted by Gasteiger charge is -2.27. The molecule has 0 aliphatic heterocycles. The molecule has 0 saturated carbocycles. The number of amides is 1. The Kier molecular flexibility index (Phi) is 8.79. The fourth-order valence-corrected chi connectivity index (χ4v) is 4.91. The second-order valence-corrected chi connectivity index (χ2v) is 10.4. The van der Waals surface area contributed by atoms with Gasteiger partial charge >= 0.3 is 0 Å². The normalized spacial score (nSPS) is 11.4. The largest absolute Gasteiger partial charge is 0.486 e. The van der Waals surface area contributed by atoms with E-state index in [2.05, 4.69) is 49.0 Å². The van der Waals surface area contributed by atoms with E-state index >= 15 is 0 Å². The summed E-state index contributed by atoms with van der Waals surface area (Å²) in [4.78, 5) is 13.2. The maximum Gasteiger partial charge on any atom is 0.281 e. The Morgan fingerprint density at radius 2 is 1.58 bits per heavy atom. The van der Waals surface area contributed by atoms with Gasteiger partial charge in [-0.1, -0.05) is 84.4 Å². The molecular weight excluding hydrogens is 655 g/mol. The van der Waals surface area contributed by atoms with Crippen LogP contribution in [0.1, 0.15) is 22.3 Å². The van der Waals surface area contributed by atoms with Crippen LogP contribution in [0.3, 0.4) is 0 Å². The predicted molar refractivity (Wildman–Crippen MR) is 154 cm³/mol. The summed E-state index contributed by atoms with van der Waals surface area (Å²) in [5.41, 5.74) is 3.08. The van der Waals surface area contributed by atoms with Crippen molar-refractivity contribution in [3.63, 3.8) is 0 Å². The predicted octanol–water partition coefficient (Wildman–Crippen LogP) is 6.67. The first-order chi connectivity index (χ1) is 17.4. The molecule has 1 amide bonds. The van der Waals surface area contributed by atoms with E-state index in [0.29, 0.717) is 38.5 Å². The van der Waals surface area contributed by atoms with Crippen LogP contribution in [0.4, 0.5) is 0 Å². The minimum Gasteiger partial charge on any atom is -0.486 e. The van der Waals surface area contributed by atoms with Gasteiger partial charge < -0.3 is 9.84 Å². The van der Waals surface area contributed by atoms with Crippen LogP contribution in [0.15, 0.2) is 107 Å². The standard InChI is InChI=1S/C28H21BrClIN2O3/c29-24-15-20(16-25(30)26(24)36-18-19-11-13-23(31)14-12-19)17-32-33-27(34)28(35,21-7-3-1-4-8-21)22-9-5-2-6-10-22/h1-17,35H,18H2,(H,33,34)/b32-17+. The lowest BCUT2D eigenvalue weighted by molar-refractivity contribution is -0.136. The maximum absolute atomic E-state index is 13.2. The molecule has 0 fully saturated rings. The number of benzene rings is 4. The van der Waals surface area contributed by atoms with Gasteiger partial charge in [-0.2, -0.15) is 5.10 Å². The molecule has 4 aromatic rings. The van der Waals surface area contributed by atoms with Gasteiger partial charge in [-0.05, 0) is 85.0 Å². The van der Waals surface area contributed by atoms with Crippen LogP contribution in [0.25, 0.3) is 0 Å².